The Kier molecular flexibility index (Phi) is 6.27. The van der Waals surface area contributed by atoms with Crippen molar-refractivity contribution in [2.24, 2.45) is 0 Å². The molecule has 0 fully saturated rings. The number of nitrogens with zero attached hydrogens (tertiary/aromatic N) is 2. The van der Waals surface area contributed by atoms with Crippen molar-refractivity contribution in [2.45, 2.75) is 13.8 Å². The second-order valence-electron chi connectivity index (χ2n) is 13.5. The fourth-order valence-corrected chi connectivity index (χ4v) is 8.31. The fourth-order valence-electron chi connectivity index (χ4n) is 8.31. The average Bonchev–Trinajstić information content (AvgIpc) is 3.41. The maximum absolute atomic E-state index is 13.9. The number of pyridine rings is 1. The van der Waals surface area contributed by atoms with Gasteiger partial charge in [-0.1, -0.05) is 103 Å². The number of rotatable bonds is 4. The molecule has 0 spiro atoms. The number of anilines is 3. The zero-order valence-corrected chi connectivity index (χ0v) is 28.1. The van der Waals surface area contributed by atoms with Gasteiger partial charge in [-0.3, -0.25) is 14.5 Å². The number of allylic oxidation sites excluding steroid dienone is 2. The summed E-state index contributed by atoms with van der Waals surface area (Å²) in [5.41, 5.74) is 5.88. The van der Waals surface area contributed by atoms with Gasteiger partial charge >= 0.3 is 0 Å². The van der Waals surface area contributed by atoms with Crippen LogP contribution >= 0.6 is 0 Å². The molecule has 0 aliphatic heterocycles. The minimum Gasteiger partial charge on any atom is -0.294 e. The fraction of sp³-hybridized carbons (Fsp3) is 0.0426. The Morgan fingerprint density at radius 3 is 1.75 bits per heavy atom. The maximum atomic E-state index is 13.9. The predicted octanol–water partition coefficient (Wildman–Crippen LogP) is 11.9. The summed E-state index contributed by atoms with van der Waals surface area (Å²) in [6.45, 7) is 3.94. The first-order chi connectivity index (χ1) is 25.0. The summed E-state index contributed by atoms with van der Waals surface area (Å²) < 4.78 is 0. The SMILES string of the molecule is CC(=C1C(=O)c2cc3ccccc3cc2C1=O)c1ccc2c3ccc(N(c4ccccc4)c4cccc(C)n4)c4cccc(c5cccc1c52)c43. The van der Waals surface area contributed by atoms with E-state index in [-0.39, 0.29) is 17.1 Å². The Bertz CT molecular complexity index is 2900. The van der Waals surface area contributed by atoms with Crippen molar-refractivity contribution >= 4 is 88.2 Å². The van der Waals surface area contributed by atoms with Crippen LogP contribution in [0, 0.1) is 6.92 Å². The van der Waals surface area contributed by atoms with Gasteiger partial charge in [0.2, 0.25) is 0 Å². The third kappa shape index (κ3) is 4.23. The first kappa shape index (κ1) is 29.3. The van der Waals surface area contributed by atoms with Crippen LogP contribution in [0.3, 0.4) is 0 Å². The molecule has 0 amide bonds. The molecule has 0 bridgehead atoms. The molecule has 1 aliphatic rings. The molecule has 0 saturated carbocycles. The number of para-hydroxylation sites is 1. The number of aryl methyl sites for hydroxylation is 1. The second-order valence-corrected chi connectivity index (χ2v) is 13.5. The number of hydrogen-bond donors (Lipinski definition) is 0. The van der Waals surface area contributed by atoms with Gasteiger partial charge in [-0.15, -0.1) is 0 Å². The van der Waals surface area contributed by atoms with E-state index in [9.17, 15) is 9.59 Å². The van der Waals surface area contributed by atoms with Gasteiger partial charge in [-0.2, -0.15) is 0 Å². The first-order valence-electron chi connectivity index (χ1n) is 17.2. The Labute approximate surface area is 294 Å². The van der Waals surface area contributed by atoms with Crippen LogP contribution in [0.25, 0.3) is 59.4 Å². The van der Waals surface area contributed by atoms with E-state index in [1.165, 1.54) is 5.39 Å². The monoisotopic (exact) mass is 654 g/mol. The molecule has 0 N–H and O–H groups in total. The van der Waals surface area contributed by atoms with Crippen LogP contribution in [0.1, 0.15) is 38.9 Å². The van der Waals surface area contributed by atoms with Crippen molar-refractivity contribution in [3.63, 3.8) is 0 Å². The molecule has 1 aromatic heterocycles. The lowest BCUT2D eigenvalue weighted by atomic mass is 9.86. The summed E-state index contributed by atoms with van der Waals surface area (Å²) in [5, 5.41) is 11.0. The highest BCUT2D eigenvalue weighted by atomic mass is 16.2. The van der Waals surface area contributed by atoms with Crippen molar-refractivity contribution in [1.82, 2.24) is 4.98 Å². The molecule has 0 radical (unpaired) electrons. The molecule has 240 valence electrons. The molecule has 0 atom stereocenters. The van der Waals surface area contributed by atoms with Gasteiger partial charge in [-0.25, -0.2) is 4.98 Å². The van der Waals surface area contributed by atoms with Crippen LogP contribution in [0.5, 0.6) is 0 Å². The van der Waals surface area contributed by atoms with E-state index in [4.69, 9.17) is 4.98 Å². The Morgan fingerprint density at radius 2 is 1.08 bits per heavy atom. The lowest BCUT2D eigenvalue weighted by Crippen LogP contribution is -2.12. The molecule has 9 aromatic rings. The standard InChI is InChI=1S/C47H30N2O2/c1-27-11-8-20-42(48-27)49(31-14-4-3-5-15-31)41-24-23-37-36-22-21-32(33-16-9-17-34(44(33)36)35-18-10-19-38(41)45(35)37)28(2)43-46(50)39-25-29-12-6-7-13-30(29)26-40(39)47(43)51/h3-26H,1-2H3. The van der Waals surface area contributed by atoms with Gasteiger partial charge in [0.15, 0.2) is 11.6 Å². The third-order valence-corrected chi connectivity index (χ3v) is 10.6. The molecule has 0 unspecified atom stereocenters. The zero-order valence-electron chi connectivity index (χ0n) is 28.1. The highest BCUT2D eigenvalue weighted by molar-refractivity contribution is 6.43. The summed E-state index contributed by atoms with van der Waals surface area (Å²) in [4.78, 5) is 35.0. The largest absolute Gasteiger partial charge is 0.294 e. The molecule has 1 aliphatic carbocycles. The van der Waals surface area contributed by atoms with Gasteiger partial charge in [0.25, 0.3) is 0 Å². The van der Waals surface area contributed by atoms with Gasteiger partial charge < -0.3 is 0 Å². The van der Waals surface area contributed by atoms with E-state index < -0.39 is 0 Å². The number of Topliss-reactive ketones (excluding diaryl/α,β-unsaturated/α-hetero) is 2. The number of ketones is 2. The molecule has 1 heterocycles. The van der Waals surface area contributed by atoms with E-state index in [2.05, 4.69) is 102 Å². The van der Waals surface area contributed by atoms with Crippen molar-refractivity contribution in [3.8, 4) is 0 Å². The Morgan fingerprint density at radius 1 is 0.529 bits per heavy atom. The van der Waals surface area contributed by atoms with Crippen molar-refractivity contribution in [1.29, 1.82) is 0 Å². The molecule has 51 heavy (non-hydrogen) atoms. The quantitative estimate of drug-likeness (QED) is 0.0820. The van der Waals surface area contributed by atoms with Crippen molar-refractivity contribution in [3.05, 3.63) is 174 Å². The van der Waals surface area contributed by atoms with Gasteiger partial charge in [0.05, 0.1) is 11.3 Å². The summed E-state index contributed by atoms with van der Waals surface area (Å²) >= 11 is 0. The van der Waals surface area contributed by atoms with E-state index in [1.54, 1.807) is 0 Å². The third-order valence-electron chi connectivity index (χ3n) is 10.6. The molecule has 4 heteroatoms. The van der Waals surface area contributed by atoms with Gasteiger partial charge in [0.1, 0.15) is 5.82 Å². The normalized spacial score (nSPS) is 12.9. The summed E-state index contributed by atoms with van der Waals surface area (Å²) in [7, 11) is 0. The molecule has 0 saturated heterocycles. The van der Waals surface area contributed by atoms with Gasteiger partial charge in [-0.05, 0) is 116 Å². The molecular formula is C47H30N2O2. The predicted molar refractivity (Wildman–Crippen MR) is 210 cm³/mol. The lowest BCUT2D eigenvalue weighted by molar-refractivity contribution is 0.0990. The number of hydrogen-bond acceptors (Lipinski definition) is 4. The number of benzene rings is 8. The number of carbonyl (C=O) groups excluding carboxylic acids is 2. The van der Waals surface area contributed by atoms with E-state index in [0.29, 0.717) is 16.7 Å². The minimum absolute atomic E-state index is 0.201. The van der Waals surface area contributed by atoms with E-state index in [1.807, 2.05) is 62.4 Å². The van der Waals surface area contributed by atoms with Crippen molar-refractivity contribution < 1.29 is 9.59 Å². The molecule has 8 aromatic carbocycles. The first-order valence-corrected chi connectivity index (χ1v) is 17.2. The topological polar surface area (TPSA) is 50.3 Å². The molecule has 4 nitrogen and oxygen atoms in total. The summed E-state index contributed by atoms with van der Waals surface area (Å²) in [5.74, 6) is 0.458. The van der Waals surface area contributed by atoms with Crippen LogP contribution in [-0.2, 0) is 0 Å². The van der Waals surface area contributed by atoms with Crippen LogP contribution < -0.4 is 4.90 Å². The average molecular weight is 655 g/mol. The Hall–Kier alpha value is -6.65. The number of fused-ring (bicyclic) bond motifs is 4. The van der Waals surface area contributed by atoms with Crippen molar-refractivity contribution in [2.75, 3.05) is 4.90 Å². The zero-order chi connectivity index (χ0) is 34.4. The van der Waals surface area contributed by atoms with Crippen LogP contribution in [-0.4, -0.2) is 16.6 Å². The highest BCUT2D eigenvalue weighted by Gasteiger charge is 2.35. The minimum atomic E-state index is -0.201. The second kappa shape index (κ2) is 10.9. The smallest absolute Gasteiger partial charge is 0.198 e. The molecule has 10 rings (SSSR count). The van der Waals surface area contributed by atoms with Crippen LogP contribution in [0.4, 0.5) is 17.2 Å². The number of aromatic nitrogens is 1. The highest BCUT2D eigenvalue weighted by Crippen LogP contribution is 2.47. The maximum Gasteiger partial charge on any atom is 0.198 e. The lowest BCUT2D eigenvalue weighted by Gasteiger charge is -2.27. The van der Waals surface area contributed by atoms with Gasteiger partial charge in [0, 0.05) is 27.9 Å². The Balaban J connectivity index is 1.20. The van der Waals surface area contributed by atoms with E-state index >= 15 is 0 Å². The van der Waals surface area contributed by atoms with E-state index in [0.717, 1.165) is 76.9 Å². The van der Waals surface area contributed by atoms with Crippen LogP contribution in [0.2, 0.25) is 0 Å². The molecular weight excluding hydrogens is 625 g/mol. The number of carbonyl (C=O) groups is 2. The summed E-state index contributed by atoms with van der Waals surface area (Å²) in [6, 6.07) is 49.7. The summed E-state index contributed by atoms with van der Waals surface area (Å²) in [6.07, 6.45) is 0. The van der Waals surface area contributed by atoms with Crippen LogP contribution in [0.15, 0.2) is 151 Å².